The molecular weight excluding hydrogens is 702 g/mol. The van der Waals surface area contributed by atoms with E-state index in [0.29, 0.717) is 23.1 Å². The number of amides is 2. The monoisotopic (exact) mass is 716 g/mol. The Morgan fingerprint density at radius 1 is 0.894 bits per heavy atom. The number of ether oxygens (including phenoxy) is 1. The Labute approximate surface area is 258 Å². The molecule has 0 aromatic heterocycles. The second kappa shape index (κ2) is 13.1. The van der Waals surface area contributed by atoms with Crippen LogP contribution < -0.4 is 15.0 Å². The lowest BCUT2D eigenvalue weighted by molar-refractivity contribution is -0.348. The molecule has 3 aromatic rings. The predicted octanol–water partition coefficient (Wildman–Crippen LogP) is 9.45. The molecule has 1 N–H and O–H groups in total. The fourth-order valence-electron chi connectivity index (χ4n) is 4.12. The summed E-state index contributed by atoms with van der Waals surface area (Å²) in [7, 11) is 0. The molecule has 3 rings (SSSR count). The molecule has 0 saturated carbocycles. The highest BCUT2D eigenvalue weighted by Crippen LogP contribution is 2.55. The predicted molar refractivity (Wildman–Crippen MR) is 136 cm³/mol. The Bertz CT molecular complexity index is 1660. The van der Waals surface area contributed by atoms with Crippen molar-refractivity contribution in [2.24, 2.45) is 0 Å². The number of benzene rings is 3. The average molecular weight is 717 g/mol. The maximum Gasteiger partial charge on any atom is 0.435 e. The molecule has 256 valence electrons. The SMILES string of the molecule is CCN(C(=O)c1ccc(F)c(C(F)(F)F)c1)c1cccc(C(=O)Nc2c(Cl)cc(C(F)(C(F)(F)F)C(F)(F)F)cc2OC(F)F)c1F. The van der Waals surface area contributed by atoms with Crippen LogP contribution in [-0.2, 0) is 11.8 Å². The van der Waals surface area contributed by atoms with Crippen molar-refractivity contribution >= 4 is 34.8 Å². The molecule has 0 saturated heterocycles. The summed E-state index contributed by atoms with van der Waals surface area (Å²) >= 11 is 5.67. The van der Waals surface area contributed by atoms with Crippen LogP contribution in [0.1, 0.15) is 38.8 Å². The fourth-order valence-corrected chi connectivity index (χ4v) is 4.38. The minimum Gasteiger partial charge on any atom is -0.433 e. The maximum atomic E-state index is 15.6. The molecule has 0 aliphatic heterocycles. The summed E-state index contributed by atoms with van der Waals surface area (Å²) in [6.07, 6.45) is -18.6. The first-order valence-electron chi connectivity index (χ1n) is 12.3. The first kappa shape index (κ1) is 37.2. The second-order valence-electron chi connectivity index (χ2n) is 9.20. The van der Waals surface area contributed by atoms with E-state index in [1.54, 1.807) is 5.32 Å². The Kier molecular flexibility index (Phi) is 10.3. The van der Waals surface area contributed by atoms with E-state index in [-0.39, 0.29) is 12.1 Å². The first-order valence-corrected chi connectivity index (χ1v) is 12.7. The van der Waals surface area contributed by atoms with Gasteiger partial charge in [-0.2, -0.15) is 48.3 Å². The minimum absolute atomic E-state index is 0.147. The van der Waals surface area contributed by atoms with Gasteiger partial charge in [-0.05, 0) is 49.4 Å². The van der Waals surface area contributed by atoms with E-state index in [4.69, 9.17) is 11.6 Å². The quantitative estimate of drug-likeness (QED) is 0.237. The van der Waals surface area contributed by atoms with Gasteiger partial charge in [0, 0.05) is 17.7 Å². The van der Waals surface area contributed by atoms with Gasteiger partial charge in [-0.3, -0.25) is 9.59 Å². The zero-order chi connectivity index (χ0) is 35.9. The van der Waals surface area contributed by atoms with Crippen molar-refractivity contribution in [1.82, 2.24) is 0 Å². The summed E-state index contributed by atoms with van der Waals surface area (Å²) in [4.78, 5) is 26.5. The molecule has 0 heterocycles. The summed E-state index contributed by atoms with van der Waals surface area (Å²) in [5, 5.41) is 0.246. The van der Waals surface area contributed by atoms with E-state index >= 15 is 4.39 Å². The van der Waals surface area contributed by atoms with Crippen molar-refractivity contribution in [3.8, 4) is 5.75 Å². The number of rotatable bonds is 8. The number of carbonyl (C=O) groups is 2. The van der Waals surface area contributed by atoms with Crippen LogP contribution >= 0.6 is 11.6 Å². The smallest absolute Gasteiger partial charge is 0.433 e. The standard InChI is InChI=1S/C27H15ClF14N2O3/c1-2-44(22(46)11-6-7-16(29)14(8-11)25(34,35)36)17-5-3-4-13(19(17)30)21(45)43-20-15(28)9-12(10-18(20)47-23(31)32)24(33,26(37,38)39)27(40,41)42/h3-10,23H,2H2,1H3,(H,43,45). The molecule has 0 radical (unpaired) electrons. The van der Waals surface area contributed by atoms with Crippen LogP contribution in [-0.4, -0.2) is 37.3 Å². The van der Waals surface area contributed by atoms with Crippen LogP contribution in [0.2, 0.25) is 5.02 Å². The van der Waals surface area contributed by atoms with E-state index in [2.05, 4.69) is 4.74 Å². The molecule has 5 nitrogen and oxygen atoms in total. The number of nitrogens with zero attached hydrogens (tertiary/aromatic N) is 1. The third-order valence-corrected chi connectivity index (χ3v) is 6.58. The van der Waals surface area contributed by atoms with Gasteiger partial charge < -0.3 is 15.0 Å². The maximum absolute atomic E-state index is 15.6. The average Bonchev–Trinajstić information content (AvgIpc) is 2.93. The van der Waals surface area contributed by atoms with Crippen molar-refractivity contribution in [3.05, 3.63) is 87.4 Å². The van der Waals surface area contributed by atoms with Gasteiger partial charge in [-0.25, -0.2) is 13.2 Å². The topological polar surface area (TPSA) is 58.6 Å². The van der Waals surface area contributed by atoms with Crippen LogP contribution in [0.4, 0.5) is 72.8 Å². The lowest BCUT2D eigenvalue weighted by Crippen LogP contribution is -2.50. The molecule has 0 bridgehead atoms. The van der Waals surface area contributed by atoms with E-state index in [1.807, 2.05) is 0 Å². The molecule has 0 unspecified atom stereocenters. The third kappa shape index (κ3) is 7.33. The van der Waals surface area contributed by atoms with Gasteiger partial charge in [0.25, 0.3) is 11.8 Å². The van der Waals surface area contributed by atoms with Crippen molar-refractivity contribution in [3.63, 3.8) is 0 Å². The van der Waals surface area contributed by atoms with Crippen molar-refractivity contribution in [2.45, 2.75) is 37.7 Å². The molecule has 0 fully saturated rings. The number of alkyl halides is 12. The zero-order valence-electron chi connectivity index (χ0n) is 22.7. The van der Waals surface area contributed by atoms with Crippen molar-refractivity contribution in [2.75, 3.05) is 16.8 Å². The number of hydrogen-bond acceptors (Lipinski definition) is 3. The first-order chi connectivity index (χ1) is 21.4. The molecule has 0 aliphatic carbocycles. The van der Waals surface area contributed by atoms with Gasteiger partial charge in [0.2, 0.25) is 0 Å². The van der Waals surface area contributed by atoms with Crippen LogP contribution in [0.3, 0.4) is 0 Å². The van der Waals surface area contributed by atoms with Crippen LogP contribution in [0, 0.1) is 11.6 Å². The highest BCUT2D eigenvalue weighted by atomic mass is 35.5. The van der Waals surface area contributed by atoms with E-state index in [1.165, 1.54) is 6.92 Å². The molecular formula is C27H15ClF14N2O3. The Hall–Kier alpha value is -4.29. The summed E-state index contributed by atoms with van der Waals surface area (Å²) in [6, 6.07) is 2.86. The van der Waals surface area contributed by atoms with Gasteiger partial charge in [-0.1, -0.05) is 17.7 Å². The normalized spacial score (nSPS) is 12.7. The van der Waals surface area contributed by atoms with Gasteiger partial charge in [0.15, 0.2) is 11.6 Å². The van der Waals surface area contributed by atoms with Crippen LogP contribution in [0.25, 0.3) is 0 Å². The van der Waals surface area contributed by atoms with Crippen LogP contribution in [0.15, 0.2) is 48.5 Å². The molecule has 47 heavy (non-hydrogen) atoms. The van der Waals surface area contributed by atoms with E-state index in [9.17, 15) is 66.7 Å². The van der Waals surface area contributed by atoms with Crippen LogP contribution in [0.5, 0.6) is 5.75 Å². The summed E-state index contributed by atoms with van der Waals surface area (Å²) in [5.41, 5.74) is -14.2. The van der Waals surface area contributed by atoms with E-state index in [0.717, 1.165) is 12.1 Å². The lowest BCUT2D eigenvalue weighted by atomic mass is 9.93. The molecule has 2 amide bonds. The van der Waals surface area contributed by atoms with Gasteiger partial charge in [0.05, 0.1) is 21.8 Å². The minimum atomic E-state index is -6.70. The molecule has 20 heteroatoms. The van der Waals surface area contributed by atoms with Gasteiger partial charge in [0.1, 0.15) is 11.5 Å². The second-order valence-corrected chi connectivity index (χ2v) is 9.61. The molecule has 0 aliphatic rings. The molecule has 0 atom stereocenters. The highest BCUT2D eigenvalue weighted by Gasteiger charge is 2.73. The number of hydrogen-bond donors (Lipinski definition) is 1. The summed E-state index contributed by atoms with van der Waals surface area (Å²) in [6.45, 7) is -3.24. The summed E-state index contributed by atoms with van der Waals surface area (Å²) in [5.74, 6) is -8.02. The van der Waals surface area contributed by atoms with Gasteiger partial charge in [-0.15, -0.1) is 0 Å². The Morgan fingerprint density at radius 2 is 1.49 bits per heavy atom. The summed E-state index contributed by atoms with van der Waals surface area (Å²) < 4.78 is 193. The van der Waals surface area contributed by atoms with Crippen molar-refractivity contribution in [1.29, 1.82) is 0 Å². The fraction of sp³-hybridized carbons (Fsp3) is 0.259. The third-order valence-electron chi connectivity index (χ3n) is 6.28. The highest BCUT2D eigenvalue weighted by molar-refractivity contribution is 6.34. The molecule has 3 aromatic carbocycles. The van der Waals surface area contributed by atoms with E-state index < -0.39 is 111 Å². The number of nitrogens with one attached hydrogen (secondary N) is 1. The Morgan fingerprint density at radius 3 is 2.00 bits per heavy atom. The molecule has 0 spiro atoms. The van der Waals surface area contributed by atoms with Crippen molar-refractivity contribution < 1.29 is 75.8 Å². The number of carbonyl (C=O) groups excluding carboxylic acids is 2. The number of anilines is 2. The Balaban J connectivity index is 2.08. The lowest BCUT2D eigenvalue weighted by Gasteiger charge is -2.31. The van der Waals surface area contributed by atoms with Gasteiger partial charge >= 0.3 is 30.8 Å². The number of halogens is 15. The largest absolute Gasteiger partial charge is 0.435 e. The zero-order valence-corrected chi connectivity index (χ0v) is 23.5.